The maximum absolute atomic E-state index is 5.90. The molecule has 1 saturated carbocycles. The molecule has 94 valence electrons. The van der Waals surface area contributed by atoms with E-state index in [2.05, 4.69) is 23.8 Å². The minimum absolute atomic E-state index is 0.316. The van der Waals surface area contributed by atoms with Crippen molar-refractivity contribution in [2.24, 2.45) is 11.8 Å². The largest absolute Gasteiger partial charge is 0.372 e. The van der Waals surface area contributed by atoms with Gasteiger partial charge in [-0.3, -0.25) is 0 Å². The molecule has 4 nitrogen and oxygen atoms in total. The molecular weight excluding hydrogens is 214 g/mol. The van der Waals surface area contributed by atoms with Crippen molar-refractivity contribution in [1.82, 2.24) is 9.97 Å². The van der Waals surface area contributed by atoms with E-state index in [0.717, 1.165) is 30.4 Å². The van der Waals surface area contributed by atoms with E-state index in [-0.39, 0.29) is 0 Å². The van der Waals surface area contributed by atoms with Crippen LogP contribution in [-0.2, 0) is 11.3 Å². The predicted molar refractivity (Wildman–Crippen MR) is 67.2 cm³/mol. The van der Waals surface area contributed by atoms with Crippen LogP contribution in [0.2, 0.25) is 0 Å². The van der Waals surface area contributed by atoms with E-state index in [1.54, 1.807) is 6.20 Å². The molecule has 17 heavy (non-hydrogen) atoms. The van der Waals surface area contributed by atoms with Gasteiger partial charge >= 0.3 is 0 Å². The zero-order valence-corrected chi connectivity index (χ0v) is 10.6. The maximum atomic E-state index is 5.90. The SMILES string of the molecule is CC1CCC(OCc2ccnc(N)n2)CC1C. The third kappa shape index (κ3) is 3.40. The highest BCUT2D eigenvalue weighted by Gasteiger charge is 2.24. The van der Waals surface area contributed by atoms with Gasteiger partial charge in [-0.25, -0.2) is 9.97 Å². The van der Waals surface area contributed by atoms with Crippen molar-refractivity contribution in [3.63, 3.8) is 0 Å². The van der Waals surface area contributed by atoms with Gasteiger partial charge in [-0.1, -0.05) is 13.8 Å². The summed E-state index contributed by atoms with van der Waals surface area (Å²) in [5.74, 6) is 1.89. The third-order valence-electron chi connectivity index (χ3n) is 3.75. The number of ether oxygens (including phenoxy) is 1. The van der Waals surface area contributed by atoms with Gasteiger partial charge in [0.05, 0.1) is 18.4 Å². The highest BCUT2D eigenvalue weighted by Crippen LogP contribution is 2.31. The van der Waals surface area contributed by atoms with Crippen LogP contribution in [-0.4, -0.2) is 16.1 Å². The minimum Gasteiger partial charge on any atom is -0.372 e. The summed E-state index contributed by atoms with van der Waals surface area (Å²) >= 11 is 0. The first-order chi connectivity index (χ1) is 8.15. The zero-order chi connectivity index (χ0) is 12.3. The molecule has 0 aromatic carbocycles. The van der Waals surface area contributed by atoms with Gasteiger partial charge in [-0.2, -0.15) is 0 Å². The zero-order valence-electron chi connectivity index (χ0n) is 10.6. The summed E-state index contributed by atoms with van der Waals surface area (Å²) in [5.41, 5.74) is 6.39. The molecule has 3 unspecified atom stereocenters. The molecule has 0 saturated heterocycles. The molecule has 1 aromatic rings. The van der Waals surface area contributed by atoms with Crippen LogP contribution in [0, 0.1) is 11.8 Å². The summed E-state index contributed by atoms with van der Waals surface area (Å²) < 4.78 is 5.90. The van der Waals surface area contributed by atoms with E-state index in [1.807, 2.05) is 6.07 Å². The summed E-state index contributed by atoms with van der Waals surface area (Å²) in [5, 5.41) is 0. The van der Waals surface area contributed by atoms with Crippen molar-refractivity contribution in [2.75, 3.05) is 5.73 Å². The lowest BCUT2D eigenvalue weighted by molar-refractivity contribution is -0.00875. The maximum Gasteiger partial charge on any atom is 0.220 e. The lowest BCUT2D eigenvalue weighted by Crippen LogP contribution is -2.26. The Hall–Kier alpha value is -1.16. The van der Waals surface area contributed by atoms with Crippen LogP contribution in [0.3, 0.4) is 0 Å². The first-order valence-electron chi connectivity index (χ1n) is 6.34. The average molecular weight is 235 g/mol. The van der Waals surface area contributed by atoms with Crippen LogP contribution in [0.4, 0.5) is 5.95 Å². The highest BCUT2D eigenvalue weighted by molar-refractivity contribution is 5.16. The number of nitrogen functional groups attached to an aromatic ring is 1. The second kappa shape index (κ2) is 5.45. The topological polar surface area (TPSA) is 61.0 Å². The Morgan fingerprint density at radius 1 is 1.35 bits per heavy atom. The van der Waals surface area contributed by atoms with E-state index in [1.165, 1.54) is 6.42 Å². The number of nitrogens with zero attached hydrogens (tertiary/aromatic N) is 2. The molecular formula is C13H21N3O. The van der Waals surface area contributed by atoms with Gasteiger partial charge in [0.25, 0.3) is 0 Å². The van der Waals surface area contributed by atoms with E-state index < -0.39 is 0 Å². The fourth-order valence-corrected chi connectivity index (χ4v) is 2.35. The quantitative estimate of drug-likeness (QED) is 0.874. The summed E-state index contributed by atoms with van der Waals surface area (Å²) in [6.45, 7) is 5.17. The van der Waals surface area contributed by atoms with Gasteiger partial charge in [0.15, 0.2) is 0 Å². The Morgan fingerprint density at radius 3 is 2.88 bits per heavy atom. The Bertz CT molecular complexity index is 369. The number of anilines is 1. The van der Waals surface area contributed by atoms with Crippen LogP contribution < -0.4 is 5.73 Å². The van der Waals surface area contributed by atoms with Gasteiger partial charge < -0.3 is 10.5 Å². The Balaban J connectivity index is 1.82. The first kappa shape index (κ1) is 12.3. The fraction of sp³-hybridized carbons (Fsp3) is 0.692. The van der Waals surface area contributed by atoms with Crippen molar-refractivity contribution >= 4 is 5.95 Å². The molecule has 4 heteroatoms. The predicted octanol–water partition coefficient (Wildman–Crippen LogP) is 2.40. The van der Waals surface area contributed by atoms with E-state index in [4.69, 9.17) is 10.5 Å². The van der Waals surface area contributed by atoms with Crippen molar-refractivity contribution in [2.45, 2.75) is 45.8 Å². The molecule has 1 aliphatic rings. The van der Waals surface area contributed by atoms with Crippen LogP contribution in [0.5, 0.6) is 0 Å². The Kier molecular flexibility index (Phi) is 3.94. The number of hydrogen-bond donors (Lipinski definition) is 1. The normalized spacial score (nSPS) is 29.2. The van der Waals surface area contributed by atoms with Gasteiger partial charge in [-0.15, -0.1) is 0 Å². The Labute approximate surface area is 103 Å². The van der Waals surface area contributed by atoms with Gasteiger partial charge in [0.1, 0.15) is 0 Å². The molecule has 3 atom stereocenters. The van der Waals surface area contributed by atoms with Crippen LogP contribution in [0.1, 0.15) is 38.8 Å². The van der Waals surface area contributed by atoms with Crippen LogP contribution in [0.15, 0.2) is 12.3 Å². The number of rotatable bonds is 3. The summed E-state index contributed by atoms with van der Waals surface area (Å²) in [7, 11) is 0. The fourth-order valence-electron chi connectivity index (χ4n) is 2.35. The summed E-state index contributed by atoms with van der Waals surface area (Å²) in [6.07, 6.45) is 5.62. The molecule has 0 aliphatic heterocycles. The van der Waals surface area contributed by atoms with Crippen molar-refractivity contribution in [1.29, 1.82) is 0 Å². The van der Waals surface area contributed by atoms with Crippen molar-refractivity contribution in [3.8, 4) is 0 Å². The van der Waals surface area contributed by atoms with E-state index >= 15 is 0 Å². The smallest absolute Gasteiger partial charge is 0.220 e. The van der Waals surface area contributed by atoms with Gasteiger partial charge in [-0.05, 0) is 37.2 Å². The number of nitrogens with two attached hydrogens (primary N) is 1. The third-order valence-corrected chi connectivity index (χ3v) is 3.75. The van der Waals surface area contributed by atoms with Crippen molar-refractivity contribution < 1.29 is 4.74 Å². The molecule has 2 rings (SSSR count). The molecule has 1 aromatic heterocycles. The lowest BCUT2D eigenvalue weighted by atomic mass is 9.80. The number of hydrogen-bond acceptors (Lipinski definition) is 4. The van der Waals surface area contributed by atoms with E-state index in [9.17, 15) is 0 Å². The molecule has 2 N–H and O–H groups in total. The highest BCUT2D eigenvalue weighted by atomic mass is 16.5. The first-order valence-corrected chi connectivity index (χ1v) is 6.34. The molecule has 0 radical (unpaired) electrons. The molecule has 0 amide bonds. The second-order valence-electron chi connectivity index (χ2n) is 5.11. The van der Waals surface area contributed by atoms with E-state index in [0.29, 0.717) is 18.7 Å². The molecule has 0 bridgehead atoms. The monoisotopic (exact) mass is 235 g/mol. The molecule has 1 fully saturated rings. The Morgan fingerprint density at radius 2 is 2.18 bits per heavy atom. The number of aromatic nitrogens is 2. The summed E-state index contributed by atoms with van der Waals surface area (Å²) in [6, 6.07) is 1.85. The standard InChI is InChI=1S/C13H21N3O/c1-9-3-4-12(7-10(9)2)17-8-11-5-6-15-13(14)16-11/h5-6,9-10,12H,3-4,7-8H2,1-2H3,(H2,14,15,16). The van der Waals surface area contributed by atoms with Crippen LogP contribution >= 0.6 is 0 Å². The lowest BCUT2D eigenvalue weighted by Gasteiger charge is -2.31. The molecule has 1 aliphatic carbocycles. The molecule has 0 spiro atoms. The van der Waals surface area contributed by atoms with Crippen LogP contribution in [0.25, 0.3) is 0 Å². The van der Waals surface area contributed by atoms with Gasteiger partial charge in [0, 0.05) is 6.20 Å². The van der Waals surface area contributed by atoms with Gasteiger partial charge in [0.2, 0.25) is 5.95 Å². The second-order valence-corrected chi connectivity index (χ2v) is 5.11. The average Bonchev–Trinajstić information content (AvgIpc) is 2.31. The van der Waals surface area contributed by atoms with Crippen molar-refractivity contribution in [3.05, 3.63) is 18.0 Å². The molecule has 1 heterocycles. The minimum atomic E-state index is 0.316. The summed E-state index contributed by atoms with van der Waals surface area (Å²) in [4.78, 5) is 8.00.